The standard InChI is InChI=1S/C16H19N3/c1-13(2)16-17(11-14-7-3-5-9-18(14)16)12-15-8-4-6-10-19(15)16/h3-10,13H,11-12H2,1-2H3/q+2. The van der Waals surface area contributed by atoms with E-state index in [4.69, 9.17) is 0 Å². The van der Waals surface area contributed by atoms with Crippen molar-refractivity contribution in [3.8, 4) is 0 Å². The van der Waals surface area contributed by atoms with Gasteiger partial charge >= 0.3 is 5.79 Å². The molecule has 0 radical (unpaired) electrons. The van der Waals surface area contributed by atoms with E-state index in [1.54, 1.807) is 0 Å². The summed E-state index contributed by atoms with van der Waals surface area (Å²) < 4.78 is 4.91. The Morgan fingerprint density at radius 2 is 1.47 bits per heavy atom. The molecule has 4 heterocycles. The molecule has 0 saturated heterocycles. The van der Waals surface area contributed by atoms with E-state index in [1.807, 2.05) is 0 Å². The minimum absolute atomic E-state index is 0.0623. The lowest BCUT2D eigenvalue weighted by Gasteiger charge is -2.24. The summed E-state index contributed by atoms with van der Waals surface area (Å²) in [6, 6.07) is 13.0. The molecule has 2 aromatic rings. The molecule has 2 aliphatic rings. The Bertz CT molecular complexity index is 598. The zero-order chi connectivity index (χ0) is 13.0. The molecule has 0 atom stereocenters. The highest BCUT2D eigenvalue weighted by molar-refractivity contribution is 5.07. The van der Waals surface area contributed by atoms with Crippen LogP contribution in [-0.4, -0.2) is 4.90 Å². The van der Waals surface area contributed by atoms with Gasteiger partial charge in [-0.3, -0.25) is 0 Å². The van der Waals surface area contributed by atoms with Crippen molar-refractivity contribution in [2.24, 2.45) is 5.92 Å². The van der Waals surface area contributed by atoms with Gasteiger partial charge in [-0.2, -0.15) is 4.90 Å². The molecule has 0 aromatic carbocycles. The summed E-state index contributed by atoms with van der Waals surface area (Å²) >= 11 is 0. The molecule has 2 aliphatic heterocycles. The summed E-state index contributed by atoms with van der Waals surface area (Å²) in [4.78, 5) is 2.59. The summed E-state index contributed by atoms with van der Waals surface area (Å²) in [5, 5.41) is 0. The molecule has 4 rings (SSSR count). The first-order valence-corrected chi connectivity index (χ1v) is 6.99. The first-order valence-electron chi connectivity index (χ1n) is 6.99. The fourth-order valence-corrected chi connectivity index (χ4v) is 3.88. The number of nitrogens with zero attached hydrogens (tertiary/aromatic N) is 3. The van der Waals surface area contributed by atoms with E-state index >= 15 is 0 Å². The van der Waals surface area contributed by atoms with E-state index in [0.717, 1.165) is 13.1 Å². The van der Waals surface area contributed by atoms with Crippen molar-refractivity contribution >= 4 is 0 Å². The van der Waals surface area contributed by atoms with Gasteiger partial charge in [0.1, 0.15) is 5.92 Å². The SMILES string of the molecule is CC(C)C12N(Cc3cccc[n+]31)Cc1cccc[n+]12. The van der Waals surface area contributed by atoms with Crippen molar-refractivity contribution in [3.63, 3.8) is 0 Å². The normalized spacial score (nSPS) is 19.3. The molecule has 0 N–H and O–H groups in total. The molecule has 19 heavy (non-hydrogen) atoms. The van der Waals surface area contributed by atoms with E-state index < -0.39 is 0 Å². The third kappa shape index (κ3) is 1.21. The number of pyridine rings is 2. The largest absolute Gasteiger partial charge is 0.430 e. The van der Waals surface area contributed by atoms with Gasteiger partial charge in [-0.1, -0.05) is 12.1 Å². The van der Waals surface area contributed by atoms with Crippen LogP contribution in [0.15, 0.2) is 48.8 Å². The van der Waals surface area contributed by atoms with Gasteiger partial charge < -0.3 is 0 Å². The molecular formula is C16H19N3+2. The van der Waals surface area contributed by atoms with Crippen LogP contribution in [0.4, 0.5) is 0 Å². The Hall–Kier alpha value is -1.74. The topological polar surface area (TPSA) is 11.0 Å². The maximum Gasteiger partial charge on any atom is 0.430 e. The highest BCUT2D eigenvalue weighted by Gasteiger charge is 2.68. The summed E-state index contributed by atoms with van der Waals surface area (Å²) in [5.41, 5.74) is 2.80. The average Bonchev–Trinajstić information content (AvgIpc) is 2.89. The third-order valence-corrected chi connectivity index (χ3v) is 4.54. The van der Waals surface area contributed by atoms with E-state index in [0.29, 0.717) is 5.92 Å². The Kier molecular flexibility index (Phi) is 2.13. The maximum absolute atomic E-state index is 2.59. The molecule has 0 spiro atoms. The highest BCUT2D eigenvalue weighted by atomic mass is 15.6. The molecular weight excluding hydrogens is 234 g/mol. The van der Waals surface area contributed by atoms with Crippen molar-refractivity contribution in [2.75, 3.05) is 0 Å². The predicted octanol–water partition coefficient (Wildman–Crippen LogP) is 1.41. The van der Waals surface area contributed by atoms with Crippen molar-refractivity contribution in [1.29, 1.82) is 0 Å². The Balaban J connectivity index is 2.05. The van der Waals surface area contributed by atoms with Gasteiger partial charge in [0.25, 0.3) is 0 Å². The summed E-state index contributed by atoms with van der Waals surface area (Å²) in [6.45, 7) is 6.69. The van der Waals surface area contributed by atoms with Gasteiger partial charge in [0.2, 0.25) is 11.4 Å². The average molecular weight is 253 g/mol. The minimum atomic E-state index is -0.0623. The quantitative estimate of drug-likeness (QED) is 0.699. The first kappa shape index (κ1) is 11.1. The van der Waals surface area contributed by atoms with Crippen LogP contribution in [0.25, 0.3) is 0 Å². The molecule has 0 bridgehead atoms. The summed E-state index contributed by atoms with van der Waals surface area (Å²) in [7, 11) is 0. The van der Waals surface area contributed by atoms with Crippen LogP contribution in [0, 0.1) is 5.92 Å². The van der Waals surface area contributed by atoms with Gasteiger partial charge in [0, 0.05) is 24.3 Å². The second kappa shape index (κ2) is 3.64. The zero-order valence-electron chi connectivity index (χ0n) is 11.5. The minimum Gasteiger partial charge on any atom is -0.161 e. The monoisotopic (exact) mass is 253 g/mol. The maximum atomic E-state index is 2.59. The molecule has 0 saturated carbocycles. The van der Waals surface area contributed by atoms with Crippen LogP contribution in [0.3, 0.4) is 0 Å². The molecule has 0 unspecified atom stereocenters. The van der Waals surface area contributed by atoms with E-state index in [9.17, 15) is 0 Å². The number of fused-ring (bicyclic) bond motifs is 5. The van der Waals surface area contributed by atoms with Gasteiger partial charge in [0.15, 0.2) is 12.4 Å². The lowest BCUT2D eigenvalue weighted by Crippen LogP contribution is -2.76. The van der Waals surface area contributed by atoms with Crippen molar-refractivity contribution in [1.82, 2.24) is 4.90 Å². The first-order chi connectivity index (χ1) is 9.24. The van der Waals surface area contributed by atoms with Gasteiger partial charge in [-0.25, -0.2) is 0 Å². The smallest absolute Gasteiger partial charge is 0.161 e. The van der Waals surface area contributed by atoms with E-state index in [2.05, 4.69) is 76.7 Å². The molecule has 96 valence electrons. The van der Waals surface area contributed by atoms with Gasteiger partial charge in [-0.05, 0) is 13.8 Å². The summed E-state index contributed by atoms with van der Waals surface area (Å²) in [5.74, 6) is 0.447. The second-order valence-corrected chi connectivity index (χ2v) is 5.82. The van der Waals surface area contributed by atoms with Gasteiger partial charge in [-0.15, -0.1) is 9.13 Å². The van der Waals surface area contributed by atoms with Crippen LogP contribution in [-0.2, 0) is 18.9 Å². The highest BCUT2D eigenvalue weighted by Crippen LogP contribution is 2.34. The second-order valence-electron chi connectivity index (χ2n) is 5.82. The van der Waals surface area contributed by atoms with E-state index in [1.165, 1.54) is 11.4 Å². The molecule has 0 aliphatic carbocycles. The number of hydrogen-bond donors (Lipinski definition) is 0. The van der Waals surface area contributed by atoms with Crippen LogP contribution >= 0.6 is 0 Å². The Morgan fingerprint density at radius 3 is 1.95 bits per heavy atom. The molecule has 0 amide bonds. The Labute approximate surface area is 113 Å². The fraction of sp³-hybridized carbons (Fsp3) is 0.375. The predicted molar refractivity (Wildman–Crippen MR) is 70.7 cm³/mol. The van der Waals surface area contributed by atoms with Crippen molar-refractivity contribution < 1.29 is 9.13 Å². The third-order valence-electron chi connectivity index (χ3n) is 4.54. The zero-order valence-corrected chi connectivity index (χ0v) is 11.5. The molecule has 3 heteroatoms. The van der Waals surface area contributed by atoms with Crippen molar-refractivity contribution in [2.45, 2.75) is 32.7 Å². The lowest BCUT2D eigenvalue weighted by molar-refractivity contribution is -1.01. The Morgan fingerprint density at radius 1 is 0.947 bits per heavy atom. The van der Waals surface area contributed by atoms with Crippen LogP contribution in [0.1, 0.15) is 25.2 Å². The van der Waals surface area contributed by atoms with Crippen LogP contribution < -0.4 is 9.13 Å². The molecule has 0 fully saturated rings. The molecule has 3 nitrogen and oxygen atoms in total. The lowest BCUT2D eigenvalue weighted by atomic mass is 10.0. The number of rotatable bonds is 1. The number of aromatic nitrogens is 2. The number of hydrogen-bond acceptors (Lipinski definition) is 1. The fourth-order valence-electron chi connectivity index (χ4n) is 3.88. The molecule has 2 aromatic heterocycles. The van der Waals surface area contributed by atoms with Crippen LogP contribution in [0.5, 0.6) is 0 Å². The van der Waals surface area contributed by atoms with Crippen LogP contribution in [0.2, 0.25) is 0 Å². The van der Waals surface area contributed by atoms with E-state index in [-0.39, 0.29) is 5.79 Å². The van der Waals surface area contributed by atoms with Crippen molar-refractivity contribution in [3.05, 3.63) is 60.2 Å². The van der Waals surface area contributed by atoms with Gasteiger partial charge in [0.05, 0.1) is 13.1 Å². The summed E-state index contributed by atoms with van der Waals surface area (Å²) in [6.07, 6.45) is 4.45.